The Kier molecular flexibility index (Phi) is 8.64. The van der Waals surface area contributed by atoms with Crippen molar-refractivity contribution in [3.63, 3.8) is 0 Å². The highest BCUT2D eigenvalue weighted by Gasteiger charge is 2.72. The Morgan fingerprint density at radius 3 is 1.30 bits per heavy atom. The molecule has 0 aliphatic heterocycles. The molecule has 0 aliphatic carbocycles. The second-order valence-corrected chi connectivity index (χ2v) is 7.24. The number of hydrogen-bond donors (Lipinski definition) is 2. The van der Waals surface area contributed by atoms with Crippen molar-refractivity contribution in [3.05, 3.63) is 58.7 Å². The SMILES string of the molecule is CCc1cc(C(c2ccc(OCCO)c(CC)c2)(C(F)(F)F)C(F)(F)F)ccc1OCCO. The van der Waals surface area contributed by atoms with Gasteiger partial charge in [0, 0.05) is 0 Å². The van der Waals surface area contributed by atoms with Crippen LogP contribution in [0.25, 0.3) is 0 Å². The third-order valence-corrected chi connectivity index (χ3v) is 5.30. The number of aryl methyl sites for hydroxylation is 2. The third-order valence-electron chi connectivity index (χ3n) is 5.30. The van der Waals surface area contributed by atoms with Gasteiger partial charge in [0.05, 0.1) is 13.2 Å². The quantitative estimate of drug-likeness (QED) is 0.472. The molecule has 0 aliphatic rings. The molecule has 2 N–H and O–H groups in total. The summed E-state index contributed by atoms with van der Waals surface area (Å²) in [7, 11) is 0. The molecule has 0 atom stereocenters. The topological polar surface area (TPSA) is 58.9 Å². The minimum absolute atomic E-state index is 0.107. The van der Waals surface area contributed by atoms with Gasteiger partial charge in [-0.3, -0.25) is 0 Å². The predicted molar refractivity (Wildman–Crippen MR) is 110 cm³/mol. The average molecular weight is 480 g/mol. The lowest BCUT2D eigenvalue weighted by atomic mass is 9.72. The Labute approximate surface area is 187 Å². The summed E-state index contributed by atoms with van der Waals surface area (Å²) < 4.78 is 97.4. The molecule has 0 unspecified atom stereocenters. The van der Waals surface area contributed by atoms with E-state index in [0.29, 0.717) is 0 Å². The number of halogens is 6. The number of rotatable bonds is 10. The van der Waals surface area contributed by atoms with Gasteiger partial charge in [-0.15, -0.1) is 0 Å². The van der Waals surface area contributed by atoms with Gasteiger partial charge in [-0.25, -0.2) is 0 Å². The van der Waals surface area contributed by atoms with Crippen molar-refractivity contribution in [1.82, 2.24) is 0 Å². The van der Waals surface area contributed by atoms with Gasteiger partial charge in [-0.05, 0) is 47.2 Å². The van der Waals surface area contributed by atoms with Crippen LogP contribution in [0.1, 0.15) is 36.1 Å². The van der Waals surface area contributed by atoms with Gasteiger partial charge in [0.15, 0.2) is 0 Å². The summed E-state index contributed by atoms with van der Waals surface area (Å²) in [5.41, 5.74) is -5.96. The molecule has 0 saturated heterocycles. The van der Waals surface area contributed by atoms with Gasteiger partial charge < -0.3 is 19.7 Å². The van der Waals surface area contributed by atoms with E-state index in [1.54, 1.807) is 13.8 Å². The molecule has 0 bridgehead atoms. The fourth-order valence-electron chi connectivity index (χ4n) is 3.75. The van der Waals surface area contributed by atoms with E-state index < -0.39 is 28.9 Å². The Hall–Kier alpha value is -2.46. The summed E-state index contributed by atoms with van der Waals surface area (Å²) >= 11 is 0. The smallest absolute Gasteiger partial charge is 0.411 e. The minimum atomic E-state index is -5.72. The van der Waals surface area contributed by atoms with Crippen molar-refractivity contribution in [2.24, 2.45) is 0 Å². The standard InChI is InChI=1S/C23H26F6O4/c1-3-15-13-17(5-7-19(15)32-11-9-30)21(22(24,25)26,23(27,28)29)18-6-8-20(33-12-10-31)16(4-2)14-18/h5-8,13-14,30-31H,3-4,9-12H2,1-2H3. The van der Waals surface area contributed by atoms with Crippen LogP contribution in [0.15, 0.2) is 36.4 Å². The van der Waals surface area contributed by atoms with E-state index in [-0.39, 0.29) is 61.9 Å². The molecule has 184 valence electrons. The summed E-state index contributed by atoms with van der Waals surface area (Å²) in [5.74, 6) is 0.214. The molecule has 0 saturated carbocycles. The van der Waals surface area contributed by atoms with E-state index in [1.165, 1.54) is 0 Å². The summed E-state index contributed by atoms with van der Waals surface area (Å²) in [6, 6.07) is 5.36. The molecule has 10 heteroatoms. The van der Waals surface area contributed by atoms with Crippen LogP contribution in [-0.2, 0) is 18.3 Å². The van der Waals surface area contributed by atoms with Crippen molar-refractivity contribution in [3.8, 4) is 11.5 Å². The lowest BCUT2D eigenvalue weighted by Gasteiger charge is -2.39. The van der Waals surface area contributed by atoms with E-state index in [9.17, 15) is 26.3 Å². The van der Waals surface area contributed by atoms with Crippen molar-refractivity contribution >= 4 is 0 Å². The zero-order chi connectivity index (χ0) is 24.9. The summed E-state index contributed by atoms with van der Waals surface area (Å²) in [6.45, 7) is 2.15. The lowest BCUT2D eigenvalue weighted by molar-refractivity contribution is -0.288. The molecule has 0 radical (unpaired) electrons. The first-order valence-electron chi connectivity index (χ1n) is 10.3. The van der Waals surface area contributed by atoms with Crippen molar-refractivity contribution < 1.29 is 46.0 Å². The fourth-order valence-corrected chi connectivity index (χ4v) is 3.75. The van der Waals surface area contributed by atoms with Crippen LogP contribution in [0.5, 0.6) is 11.5 Å². The van der Waals surface area contributed by atoms with Gasteiger partial charge in [-0.2, -0.15) is 26.3 Å². The summed E-state index contributed by atoms with van der Waals surface area (Å²) in [5, 5.41) is 17.8. The molecule has 0 aromatic heterocycles. The molecule has 2 aromatic carbocycles. The normalized spacial score (nSPS) is 12.7. The number of ether oxygens (including phenoxy) is 2. The predicted octanol–water partition coefficient (Wildman–Crippen LogP) is 4.96. The summed E-state index contributed by atoms with van der Waals surface area (Å²) in [6.07, 6.45) is -11.2. The maximum atomic E-state index is 14.5. The molecular formula is C23H26F6O4. The highest BCUT2D eigenvalue weighted by molar-refractivity contribution is 5.51. The molecule has 2 aromatic rings. The third kappa shape index (κ3) is 5.22. The van der Waals surface area contributed by atoms with E-state index >= 15 is 0 Å². The number of aliphatic hydroxyl groups excluding tert-OH is 2. The highest BCUT2D eigenvalue weighted by atomic mass is 19.4. The Morgan fingerprint density at radius 1 is 0.667 bits per heavy atom. The molecule has 0 spiro atoms. The fraction of sp³-hybridized carbons (Fsp3) is 0.478. The molecule has 0 amide bonds. The second kappa shape index (κ2) is 10.6. The zero-order valence-corrected chi connectivity index (χ0v) is 18.2. The first kappa shape index (κ1) is 26.8. The van der Waals surface area contributed by atoms with Gasteiger partial charge in [-0.1, -0.05) is 38.1 Å². The second-order valence-electron chi connectivity index (χ2n) is 7.24. The van der Waals surface area contributed by atoms with Crippen molar-refractivity contribution in [2.45, 2.75) is 44.5 Å². The van der Waals surface area contributed by atoms with Crippen molar-refractivity contribution in [1.29, 1.82) is 0 Å². The maximum absolute atomic E-state index is 14.5. The van der Waals surface area contributed by atoms with E-state index in [0.717, 1.165) is 36.4 Å². The number of alkyl halides is 6. The monoisotopic (exact) mass is 480 g/mol. The van der Waals surface area contributed by atoms with Gasteiger partial charge >= 0.3 is 12.4 Å². The van der Waals surface area contributed by atoms with Crippen LogP contribution < -0.4 is 9.47 Å². The lowest BCUT2D eigenvalue weighted by Crippen LogP contribution is -2.54. The molecule has 0 heterocycles. The highest BCUT2D eigenvalue weighted by Crippen LogP contribution is 2.57. The first-order chi connectivity index (χ1) is 15.5. The van der Waals surface area contributed by atoms with Gasteiger partial charge in [0.1, 0.15) is 24.7 Å². The zero-order valence-electron chi connectivity index (χ0n) is 18.2. The molecule has 2 rings (SSSR count). The van der Waals surface area contributed by atoms with Gasteiger partial charge in [0.25, 0.3) is 0 Å². The van der Waals surface area contributed by atoms with Crippen LogP contribution in [0.3, 0.4) is 0 Å². The van der Waals surface area contributed by atoms with Crippen LogP contribution in [-0.4, -0.2) is 49.0 Å². The molecule has 4 nitrogen and oxygen atoms in total. The van der Waals surface area contributed by atoms with Crippen molar-refractivity contribution in [2.75, 3.05) is 26.4 Å². The number of hydrogen-bond acceptors (Lipinski definition) is 4. The van der Waals surface area contributed by atoms with Crippen LogP contribution >= 0.6 is 0 Å². The largest absolute Gasteiger partial charge is 0.491 e. The molecular weight excluding hydrogens is 454 g/mol. The molecule has 33 heavy (non-hydrogen) atoms. The first-order valence-corrected chi connectivity index (χ1v) is 10.3. The average Bonchev–Trinajstić information content (AvgIpc) is 2.75. The maximum Gasteiger partial charge on any atom is 0.411 e. The number of aliphatic hydroxyl groups is 2. The minimum Gasteiger partial charge on any atom is -0.491 e. The van der Waals surface area contributed by atoms with Crippen LogP contribution in [0, 0.1) is 0 Å². The Morgan fingerprint density at radius 2 is 1.03 bits per heavy atom. The van der Waals surface area contributed by atoms with Gasteiger partial charge in [0.2, 0.25) is 5.41 Å². The Bertz CT molecular complexity index is 849. The van der Waals surface area contributed by atoms with Crippen LogP contribution in [0.4, 0.5) is 26.3 Å². The summed E-state index contributed by atoms with van der Waals surface area (Å²) in [4.78, 5) is 0. The Balaban J connectivity index is 2.82. The van der Waals surface area contributed by atoms with E-state index in [4.69, 9.17) is 19.7 Å². The van der Waals surface area contributed by atoms with E-state index in [1.807, 2.05) is 0 Å². The van der Waals surface area contributed by atoms with E-state index in [2.05, 4.69) is 0 Å². The molecule has 0 fully saturated rings. The number of benzene rings is 2. The van der Waals surface area contributed by atoms with Crippen LogP contribution in [0.2, 0.25) is 0 Å².